The number of hydrogen-bond donors (Lipinski definition) is 1. The van der Waals surface area contributed by atoms with Crippen LogP contribution in [0.5, 0.6) is 0 Å². The second kappa shape index (κ2) is 5.20. The zero-order valence-corrected chi connectivity index (χ0v) is 12.3. The summed E-state index contributed by atoms with van der Waals surface area (Å²) in [4.78, 5) is 23.0. The number of carbonyl (C=O) groups excluding carboxylic acids is 1. The Bertz CT molecular complexity index is 676. The van der Waals surface area contributed by atoms with Crippen molar-refractivity contribution in [2.75, 3.05) is 12.3 Å². The number of hydrogen-bond acceptors (Lipinski definition) is 4. The Labute approximate surface area is 123 Å². The molecule has 6 nitrogen and oxygen atoms in total. The molecule has 0 spiro atoms. The predicted molar refractivity (Wildman–Crippen MR) is 79.7 cm³/mol. The number of imidazole rings is 1. The molecule has 0 aromatic carbocycles. The van der Waals surface area contributed by atoms with E-state index >= 15 is 0 Å². The van der Waals surface area contributed by atoms with Crippen molar-refractivity contribution in [2.45, 2.75) is 32.9 Å². The van der Waals surface area contributed by atoms with Gasteiger partial charge < -0.3 is 15.2 Å². The lowest BCUT2D eigenvalue weighted by Gasteiger charge is -2.28. The molecule has 21 heavy (non-hydrogen) atoms. The lowest BCUT2D eigenvalue weighted by Crippen LogP contribution is -2.38. The van der Waals surface area contributed by atoms with Crippen molar-refractivity contribution < 1.29 is 4.79 Å². The number of aromatic nitrogens is 3. The molecule has 2 aromatic rings. The van der Waals surface area contributed by atoms with Crippen LogP contribution < -0.4 is 5.73 Å². The summed E-state index contributed by atoms with van der Waals surface area (Å²) in [5, 5.41) is 0. The maximum Gasteiger partial charge on any atom is 0.254 e. The van der Waals surface area contributed by atoms with Crippen LogP contribution in [-0.4, -0.2) is 31.9 Å². The Morgan fingerprint density at radius 3 is 2.90 bits per heavy atom. The second-order valence-corrected chi connectivity index (χ2v) is 5.62. The third kappa shape index (κ3) is 2.61. The van der Waals surface area contributed by atoms with E-state index in [4.69, 9.17) is 5.73 Å². The van der Waals surface area contributed by atoms with E-state index in [0.29, 0.717) is 24.5 Å². The normalized spacial score (nSPS) is 14.3. The van der Waals surface area contributed by atoms with E-state index in [9.17, 15) is 4.79 Å². The minimum absolute atomic E-state index is 0.0137. The van der Waals surface area contributed by atoms with Crippen molar-refractivity contribution in [2.24, 2.45) is 0 Å². The first-order chi connectivity index (χ1) is 10.0. The molecule has 3 heterocycles. The third-order valence-electron chi connectivity index (χ3n) is 3.74. The van der Waals surface area contributed by atoms with E-state index in [1.54, 1.807) is 17.2 Å². The van der Waals surface area contributed by atoms with E-state index in [1.807, 2.05) is 26.1 Å². The molecule has 3 rings (SSSR count). The molecule has 6 heteroatoms. The average Bonchev–Trinajstić information content (AvgIpc) is 2.93. The first kappa shape index (κ1) is 13.6. The smallest absolute Gasteiger partial charge is 0.254 e. The van der Waals surface area contributed by atoms with Gasteiger partial charge in [-0.2, -0.15) is 0 Å². The van der Waals surface area contributed by atoms with Gasteiger partial charge in [-0.15, -0.1) is 0 Å². The molecule has 0 bridgehead atoms. The standard InChI is InChI=1S/C15H19N5O/c1-10(2)12-7-11(8-13(16)18-12)15(21)20-6-5-19-4-3-17-14(19)9-20/h3-4,7-8,10H,5-6,9H2,1-2H3,(H2,16,18). The van der Waals surface area contributed by atoms with Gasteiger partial charge in [0.2, 0.25) is 0 Å². The largest absolute Gasteiger partial charge is 0.384 e. The number of anilines is 1. The van der Waals surface area contributed by atoms with Gasteiger partial charge in [-0.25, -0.2) is 9.97 Å². The van der Waals surface area contributed by atoms with E-state index < -0.39 is 0 Å². The van der Waals surface area contributed by atoms with Gasteiger partial charge in [-0.05, 0) is 18.1 Å². The van der Waals surface area contributed by atoms with E-state index in [2.05, 4.69) is 14.5 Å². The fraction of sp³-hybridized carbons (Fsp3) is 0.400. The Hall–Kier alpha value is -2.37. The Balaban J connectivity index is 1.86. The highest BCUT2D eigenvalue weighted by molar-refractivity contribution is 5.95. The zero-order valence-electron chi connectivity index (χ0n) is 12.3. The third-order valence-corrected chi connectivity index (χ3v) is 3.74. The van der Waals surface area contributed by atoms with Crippen LogP contribution in [0.15, 0.2) is 24.5 Å². The van der Waals surface area contributed by atoms with Crippen molar-refractivity contribution in [3.8, 4) is 0 Å². The van der Waals surface area contributed by atoms with Crippen molar-refractivity contribution in [1.82, 2.24) is 19.4 Å². The number of nitrogens with zero attached hydrogens (tertiary/aromatic N) is 4. The van der Waals surface area contributed by atoms with E-state index in [-0.39, 0.29) is 11.8 Å². The maximum atomic E-state index is 12.7. The minimum Gasteiger partial charge on any atom is -0.384 e. The highest BCUT2D eigenvalue weighted by Gasteiger charge is 2.23. The molecule has 110 valence electrons. The quantitative estimate of drug-likeness (QED) is 0.910. The Morgan fingerprint density at radius 1 is 1.33 bits per heavy atom. The van der Waals surface area contributed by atoms with Gasteiger partial charge >= 0.3 is 0 Å². The first-order valence-electron chi connectivity index (χ1n) is 7.11. The van der Waals surface area contributed by atoms with Crippen molar-refractivity contribution in [1.29, 1.82) is 0 Å². The summed E-state index contributed by atoms with van der Waals surface area (Å²) >= 11 is 0. The number of nitrogen functional groups attached to an aromatic ring is 1. The van der Waals surface area contributed by atoms with Gasteiger partial charge in [-0.3, -0.25) is 4.79 Å². The molecule has 1 aliphatic rings. The summed E-state index contributed by atoms with van der Waals surface area (Å²) in [6, 6.07) is 3.49. The lowest BCUT2D eigenvalue weighted by molar-refractivity contribution is 0.0707. The summed E-state index contributed by atoms with van der Waals surface area (Å²) in [6.45, 7) is 6.06. The molecule has 1 aliphatic heterocycles. The van der Waals surface area contributed by atoms with Crippen LogP contribution in [0.2, 0.25) is 0 Å². The molecule has 0 fully saturated rings. The molecular weight excluding hydrogens is 266 g/mol. The number of amides is 1. The number of pyridine rings is 1. The van der Waals surface area contributed by atoms with Crippen LogP contribution in [-0.2, 0) is 13.1 Å². The minimum atomic E-state index is -0.0137. The van der Waals surface area contributed by atoms with E-state index in [0.717, 1.165) is 18.1 Å². The van der Waals surface area contributed by atoms with Gasteiger partial charge in [0.1, 0.15) is 11.6 Å². The molecule has 0 atom stereocenters. The van der Waals surface area contributed by atoms with Gasteiger partial charge in [0, 0.05) is 36.7 Å². The summed E-state index contributed by atoms with van der Waals surface area (Å²) in [5.41, 5.74) is 7.27. The van der Waals surface area contributed by atoms with Crippen molar-refractivity contribution in [3.63, 3.8) is 0 Å². The van der Waals surface area contributed by atoms with Gasteiger partial charge in [0.25, 0.3) is 5.91 Å². The van der Waals surface area contributed by atoms with Crippen LogP contribution in [0, 0.1) is 0 Å². The van der Waals surface area contributed by atoms with Crippen LogP contribution in [0.3, 0.4) is 0 Å². The van der Waals surface area contributed by atoms with Crippen LogP contribution >= 0.6 is 0 Å². The Morgan fingerprint density at radius 2 is 2.14 bits per heavy atom. The zero-order chi connectivity index (χ0) is 15.0. The molecule has 1 amide bonds. The molecule has 0 saturated heterocycles. The van der Waals surface area contributed by atoms with Crippen LogP contribution in [0.1, 0.15) is 41.6 Å². The number of nitrogens with two attached hydrogens (primary N) is 1. The molecule has 0 unspecified atom stereocenters. The van der Waals surface area contributed by atoms with E-state index in [1.165, 1.54) is 0 Å². The van der Waals surface area contributed by atoms with Crippen molar-refractivity contribution in [3.05, 3.63) is 41.6 Å². The average molecular weight is 285 g/mol. The number of rotatable bonds is 2. The second-order valence-electron chi connectivity index (χ2n) is 5.62. The topological polar surface area (TPSA) is 77.0 Å². The SMILES string of the molecule is CC(C)c1cc(C(=O)N2CCn3ccnc3C2)cc(N)n1. The van der Waals surface area contributed by atoms with Crippen molar-refractivity contribution >= 4 is 11.7 Å². The molecule has 0 aliphatic carbocycles. The molecule has 0 radical (unpaired) electrons. The summed E-state index contributed by atoms with van der Waals surface area (Å²) in [5.74, 6) is 1.53. The van der Waals surface area contributed by atoms with Gasteiger partial charge in [0.05, 0.1) is 6.54 Å². The number of fused-ring (bicyclic) bond motifs is 1. The predicted octanol–water partition coefficient (Wildman–Crippen LogP) is 1.64. The monoisotopic (exact) mass is 285 g/mol. The van der Waals surface area contributed by atoms with Gasteiger partial charge in [-0.1, -0.05) is 13.8 Å². The summed E-state index contributed by atoms with van der Waals surface area (Å²) < 4.78 is 2.07. The fourth-order valence-electron chi connectivity index (χ4n) is 2.52. The summed E-state index contributed by atoms with van der Waals surface area (Å²) in [7, 11) is 0. The Kier molecular flexibility index (Phi) is 3.37. The highest BCUT2D eigenvalue weighted by atomic mass is 16.2. The van der Waals surface area contributed by atoms with Crippen LogP contribution in [0.4, 0.5) is 5.82 Å². The molecule has 2 aromatic heterocycles. The fourth-order valence-corrected chi connectivity index (χ4v) is 2.52. The van der Waals surface area contributed by atoms with Gasteiger partial charge in [0.15, 0.2) is 0 Å². The first-order valence-corrected chi connectivity index (χ1v) is 7.11. The number of carbonyl (C=O) groups is 1. The molecule has 0 saturated carbocycles. The lowest BCUT2D eigenvalue weighted by atomic mass is 10.1. The summed E-state index contributed by atoms with van der Waals surface area (Å²) in [6.07, 6.45) is 3.71. The van der Waals surface area contributed by atoms with Crippen LogP contribution in [0.25, 0.3) is 0 Å². The maximum absolute atomic E-state index is 12.7. The highest BCUT2D eigenvalue weighted by Crippen LogP contribution is 2.19. The molecular formula is C15H19N5O. The molecule has 2 N–H and O–H groups in total.